The van der Waals surface area contributed by atoms with Crippen LogP contribution < -0.4 is 4.90 Å². The zero-order chi connectivity index (χ0) is 12.8. The first kappa shape index (κ1) is 12.1. The van der Waals surface area contributed by atoms with Crippen molar-refractivity contribution in [3.05, 3.63) is 54.4 Å². The Morgan fingerprint density at radius 3 is 2.56 bits per heavy atom. The Hall–Kier alpha value is -2.34. The van der Waals surface area contributed by atoms with E-state index in [1.54, 1.807) is 6.20 Å². The number of aromatic nitrogens is 1. The molecular formula is C15H15N3. The molecule has 0 aliphatic carbocycles. The van der Waals surface area contributed by atoms with Gasteiger partial charge in [-0.2, -0.15) is 5.26 Å². The number of anilines is 2. The normalized spacial score (nSPS) is 9.78. The third kappa shape index (κ3) is 2.86. The van der Waals surface area contributed by atoms with Gasteiger partial charge in [-0.1, -0.05) is 17.7 Å². The molecule has 0 aliphatic heterocycles. The Morgan fingerprint density at radius 1 is 1.17 bits per heavy atom. The van der Waals surface area contributed by atoms with E-state index < -0.39 is 0 Å². The predicted molar refractivity (Wildman–Crippen MR) is 72.7 cm³/mol. The first-order valence-corrected chi connectivity index (χ1v) is 5.92. The van der Waals surface area contributed by atoms with Crippen molar-refractivity contribution in [1.29, 1.82) is 5.26 Å². The van der Waals surface area contributed by atoms with Crippen LogP contribution in [-0.2, 0) is 0 Å². The lowest BCUT2D eigenvalue weighted by Crippen LogP contribution is -2.18. The van der Waals surface area contributed by atoms with Crippen molar-refractivity contribution < 1.29 is 0 Å². The first-order chi connectivity index (χ1) is 8.81. The molecule has 1 aromatic heterocycles. The summed E-state index contributed by atoms with van der Waals surface area (Å²) in [6, 6.07) is 14.4. The van der Waals surface area contributed by atoms with Crippen LogP contribution in [-0.4, -0.2) is 11.5 Å². The van der Waals surface area contributed by atoms with E-state index in [0.29, 0.717) is 13.0 Å². The van der Waals surface area contributed by atoms with Crippen LogP contribution in [0.15, 0.2) is 48.8 Å². The molecule has 0 unspecified atom stereocenters. The number of aryl methyl sites for hydroxylation is 1. The quantitative estimate of drug-likeness (QED) is 0.817. The Balaban J connectivity index is 2.31. The maximum absolute atomic E-state index is 8.76. The van der Waals surface area contributed by atoms with Gasteiger partial charge >= 0.3 is 0 Å². The van der Waals surface area contributed by atoms with Crippen LogP contribution >= 0.6 is 0 Å². The average Bonchev–Trinajstić information content (AvgIpc) is 2.42. The minimum Gasteiger partial charge on any atom is -0.339 e. The van der Waals surface area contributed by atoms with E-state index >= 15 is 0 Å². The van der Waals surface area contributed by atoms with Crippen LogP contribution in [0.5, 0.6) is 0 Å². The van der Waals surface area contributed by atoms with E-state index in [0.717, 1.165) is 11.4 Å². The fourth-order valence-corrected chi connectivity index (χ4v) is 1.81. The van der Waals surface area contributed by atoms with Crippen LogP contribution in [0.1, 0.15) is 12.0 Å². The van der Waals surface area contributed by atoms with Crippen molar-refractivity contribution in [3.63, 3.8) is 0 Å². The van der Waals surface area contributed by atoms with Crippen molar-refractivity contribution in [2.75, 3.05) is 11.4 Å². The van der Waals surface area contributed by atoms with Gasteiger partial charge < -0.3 is 4.90 Å². The molecule has 3 nitrogen and oxygen atoms in total. The second kappa shape index (κ2) is 5.83. The highest BCUT2D eigenvalue weighted by atomic mass is 15.1. The Labute approximate surface area is 107 Å². The zero-order valence-electron chi connectivity index (χ0n) is 10.4. The van der Waals surface area contributed by atoms with Gasteiger partial charge in [0.1, 0.15) is 0 Å². The number of nitriles is 1. The molecule has 3 heteroatoms. The standard InChI is InChI=1S/C15H15N3/c1-13-5-7-14(8-6-13)18(11-3-9-16)15-4-2-10-17-12-15/h2,4-8,10,12H,3,11H2,1H3. The Bertz CT molecular complexity index is 526. The van der Waals surface area contributed by atoms with E-state index in [1.165, 1.54) is 5.56 Å². The van der Waals surface area contributed by atoms with Gasteiger partial charge in [0.2, 0.25) is 0 Å². The van der Waals surface area contributed by atoms with Gasteiger partial charge in [-0.25, -0.2) is 0 Å². The van der Waals surface area contributed by atoms with Crippen LogP contribution in [0.3, 0.4) is 0 Å². The maximum atomic E-state index is 8.76. The number of benzene rings is 1. The molecule has 1 heterocycles. The molecule has 0 bridgehead atoms. The topological polar surface area (TPSA) is 39.9 Å². The largest absolute Gasteiger partial charge is 0.339 e. The molecule has 0 N–H and O–H groups in total. The highest BCUT2D eigenvalue weighted by molar-refractivity contribution is 5.62. The molecule has 0 fully saturated rings. The Morgan fingerprint density at radius 2 is 1.94 bits per heavy atom. The third-order valence-corrected chi connectivity index (χ3v) is 2.75. The molecule has 0 saturated heterocycles. The van der Waals surface area contributed by atoms with Crippen molar-refractivity contribution in [3.8, 4) is 6.07 Å². The van der Waals surface area contributed by atoms with Crippen LogP contribution in [0.4, 0.5) is 11.4 Å². The average molecular weight is 237 g/mol. The van der Waals surface area contributed by atoms with Gasteiger partial charge in [-0.15, -0.1) is 0 Å². The van der Waals surface area contributed by atoms with E-state index in [-0.39, 0.29) is 0 Å². The molecule has 0 aliphatic rings. The molecule has 0 spiro atoms. The summed E-state index contributed by atoms with van der Waals surface area (Å²) in [7, 11) is 0. The summed E-state index contributed by atoms with van der Waals surface area (Å²) in [5.74, 6) is 0. The monoisotopic (exact) mass is 237 g/mol. The summed E-state index contributed by atoms with van der Waals surface area (Å²) < 4.78 is 0. The molecule has 0 radical (unpaired) electrons. The number of hydrogen-bond acceptors (Lipinski definition) is 3. The minimum atomic E-state index is 0.489. The molecule has 2 rings (SSSR count). The van der Waals surface area contributed by atoms with E-state index in [1.807, 2.05) is 18.3 Å². The maximum Gasteiger partial charge on any atom is 0.0640 e. The van der Waals surface area contributed by atoms with Crippen molar-refractivity contribution in [2.45, 2.75) is 13.3 Å². The highest BCUT2D eigenvalue weighted by Crippen LogP contribution is 2.24. The first-order valence-electron chi connectivity index (χ1n) is 5.92. The molecule has 90 valence electrons. The van der Waals surface area contributed by atoms with E-state index in [2.05, 4.69) is 47.1 Å². The summed E-state index contributed by atoms with van der Waals surface area (Å²) in [4.78, 5) is 6.24. The summed E-state index contributed by atoms with van der Waals surface area (Å²) in [6.07, 6.45) is 4.06. The molecular weight excluding hydrogens is 222 g/mol. The van der Waals surface area contributed by atoms with E-state index in [9.17, 15) is 0 Å². The Kier molecular flexibility index (Phi) is 3.93. The number of pyridine rings is 1. The van der Waals surface area contributed by atoms with Crippen LogP contribution in [0, 0.1) is 18.3 Å². The van der Waals surface area contributed by atoms with Crippen LogP contribution in [0.25, 0.3) is 0 Å². The zero-order valence-corrected chi connectivity index (χ0v) is 10.4. The van der Waals surface area contributed by atoms with Gasteiger partial charge in [-0.05, 0) is 31.2 Å². The lowest BCUT2D eigenvalue weighted by Gasteiger charge is -2.23. The number of nitrogens with zero attached hydrogens (tertiary/aromatic N) is 3. The van der Waals surface area contributed by atoms with Crippen molar-refractivity contribution in [2.24, 2.45) is 0 Å². The lowest BCUT2D eigenvalue weighted by molar-refractivity contribution is 0.943. The number of rotatable bonds is 4. The van der Waals surface area contributed by atoms with E-state index in [4.69, 9.17) is 5.26 Å². The highest BCUT2D eigenvalue weighted by Gasteiger charge is 2.08. The predicted octanol–water partition coefficient (Wildman–Crippen LogP) is 3.44. The second-order valence-corrected chi connectivity index (χ2v) is 4.11. The fraction of sp³-hybridized carbons (Fsp3) is 0.200. The minimum absolute atomic E-state index is 0.489. The van der Waals surface area contributed by atoms with Gasteiger partial charge in [0, 0.05) is 18.4 Å². The lowest BCUT2D eigenvalue weighted by atomic mass is 10.2. The fourth-order valence-electron chi connectivity index (χ4n) is 1.81. The smallest absolute Gasteiger partial charge is 0.0640 e. The van der Waals surface area contributed by atoms with Gasteiger partial charge in [0.25, 0.3) is 0 Å². The number of hydrogen-bond donors (Lipinski definition) is 0. The third-order valence-electron chi connectivity index (χ3n) is 2.75. The molecule has 2 aromatic rings. The van der Waals surface area contributed by atoms with Gasteiger partial charge in [0.15, 0.2) is 0 Å². The molecule has 1 aromatic carbocycles. The molecule has 0 amide bonds. The summed E-state index contributed by atoms with van der Waals surface area (Å²) in [6.45, 7) is 2.73. The van der Waals surface area contributed by atoms with Gasteiger partial charge in [-0.3, -0.25) is 4.98 Å². The second-order valence-electron chi connectivity index (χ2n) is 4.11. The van der Waals surface area contributed by atoms with Crippen molar-refractivity contribution >= 4 is 11.4 Å². The summed E-state index contributed by atoms with van der Waals surface area (Å²) in [5.41, 5.74) is 3.32. The SMILES string of the molecule is Cc1ccc(N(CCC#N)c2cccnc2)cc1. The molecule has 0 saturated carbocycles. The van der Waals surface area contributed by atoms with Crippen molar-refractivity contribution in [1.82, 2.24) is 4.98 Å². The van der Waals surface area contributed by atoms with Crippen LogP contribution in [0.2, 0.25) is 0 Å². The summed E-state index contributed by atoms with van der Waals surface area (Å²) in [5, 5.41) is 8.76. The summed E-state index contributed by atoms with van der Waals surface area (Å²) >= 11 is 0. The van der Waals surface area contributed by atoms with Gasteiger partial charge in [0.05, 0.1) is 24.4 Å². The molecule has 18 heavy (non-hydrogen) atoms. The molecule has 0 atom stereocenters.